The van der Waals surface area contributed by atoms with E-state index >= 15 is 0 Å². The molecule has 1 aromatic carbocycles. The van der Waals surface area contributed by atoms with Gasteiger partial charge in [-0.15, -0.1) is 0 Å². The number of aliphatic hydroxyl groups excluding tert-OH is 1. The summed E-state index contributed by atoms with van der Waals surface area (Å²) < 4.78 is 39.2. The lowest BCUT2D eigenvalue weighted by molar-refractivity contribution is 0.174. The maximum absolute atomic E-state index is 13.4. The highest BCUT2D eigenvalue weighted by Crippen LogP contribution is 2.29. The normalized spacial score (nSPS) is 13.6. The fraction of sp³-hybridized carbons (Fsp3) is 0.400. The van der Waals surface area contributed by atoms with Crippen LogP contribution in [0.5, 0.6) is 0 Å². The van der Waals surface area contributed by atoms with E-state index in [0.29, 0.717) is 6.42 Å². The fourth-order valence-corrected chi connectivity index (χ4v) is 2.96. The first-order valence-corrected chi connectivity index (χ1v) is 7.34. The van der Waals surface area contributed by atoms with Crippen LogP contribution >= 0.6 is 23.2 Å². The van der Waals surface area contributed by atoms with Crippen molar-refractivity contribution < 1.29 is 17.9 Å². The minimum atomic E-state index is -3.98. The Morgan fingerprint density at radius 2 is 2.06 bits per heavy atom. The van der Waals surface area contributed by atoms with Crippen molar-refractivity contribution in [3.05, 3.63) is 28.0 Å². The van der Waals surface area contributed by atoms with Crippen molar-refractivity contribution in [3.8, 4) is 0 Å². The molecule has 0 aromatic heterocycles. The van der Waals surface area contributed by atoms with E-state index in [9.17, 15) is 17.9 Å². The molecule has 0 heterocycles. The Kier molecular flexibility index (Phi) is 5.36. The standard InChI is InChI=1S/C10H12Cl2FNO3S/c1-2-6(15)5-14-18(16,17)8-4-3-7(11)10(13)9(8)12/h3-4,6,14-15H,2,5H2,1H3. The number of sulfonamides is 1. The van der Waals surface area contributed by atoms with Crippen molar-refractivity contribution in [2.75, 3.05) is 6.54 Å². The number of hydrogen-bond acceptors (Lipinski definition) is 3. The number of hydrogen-bond donors (Lipinski definition) is 2. The summed E-state index contributed by atoms with van der Waals surface area (Å²) in [7, 11) is -3.98. The maximum atomic E-state index is 13.4. The average Bonchev–Trinajstić information content (AvgIpc) is 2.32. The largest absolute Gasteiger partial charge is 0.392 e. The first-order chi connectivity index (χ1) is 8.29. The number of benzene rings is 1. The number of rotatable bonds is 5. The van der Waals surface area contributed by atoms with Crippen molar-refractivity contribution in [2.24, 2.45) is 0 Å². The molecule has 1 aromatic rings. The maximum Gasteiger partial charge on any atom is 0.242 e. The van der Waals surface area contributed by atoms with Crippen LogP contribution in [-0.2, 0) is 10.0 Å². The third-order valence-electron chi connectivity index (χ3n) is 2.27. The molecule has 0 saturated carbocycles. The van der Waals surface area contributed by atoms with Crippen molar-refractivity contribution in [1.29, 1.82) is 0 Å². The van der Waals surface area contributed by atoms with Crippen LogP contribution in [0.1, 0.15) is 13.3 Å². The molecular formula is C10H12Cl2FNO3S. The Morgan fingerprint density at radius 1 is 1.44 bits per heavy atom. The Bertz CT molecular complexity index is 536. The number of nitrogens with one attached hydrogen (secondary N) is 1. The predicted octanol–water partition coefficient (Wildman–Crippen LogP) is 2.18. The van der Waals surface area contributed by atoms with Gasteiger partial charge >= 0.3 is 0 Å². The van der Waals surface area contributed by atoms with Crippen LogP contribution in [0.3, 0.4) is 0 Å². The van der Waals surface area contributed by atoms with Gasteiger partial charge in [0.05, 0.1) is 16.1 Å². The molecule has 2 N–H and O–H groups in total. The van der Waals surface area contributed by atoms with Crippen molar-refractivity contribution >= 4 is 33.2 Å². The zero-order valence-corrected chi connectivity index (χ0v) is 11.8. The second kappa shape index (κ2) is 6.16. The Morgan fingerprint density at radius 3 is 2.61 bits per heavy atom. The lowest BCUT2D eigenvalue weighted by Crippen LogP contribution is -2.32. The minimum absolute atomic E-state index is 0.167. The van der Waals surface area contributed by atoms with E-state index in [1.54, 1.807) is 6.92 Å². The van der Waals surface area contributed by atoms with Crippen LogP contribution in [0.4, 0.5) is 4.39 Å². The molecule has 0 aliphatic heterocycles. The van der Waals surface area contributed by atoms with E-state index < -0.39 is 31.9 Å². The number of halogens is 3. The van der Waals surface area contributed by atoms with Crippen molar-refractivity contribution in [2.45, 2.75) is 24.3 Å². The Labute approximate surface area is 115 Å². The van der Waals surface area contributed by atoms with Gasteiger partial charge in [0, 0.05) is 6.54 Å². The zero-order valence-electron chi connectivity index (χ0n) is 9.45. The van der Waals surface area contributed by atoms with Crippen LogP contribution < -0.4 is 4.72 Å². The Hall–Kier alpha value is -0.400. The zero-order chi connectivity index (χ0) is 13.9. The fourth-order valence-electron chi connectivity index (χ4n) is 1.14. The lowest BCUT2D eigenvalue weighted by Gasteiger charge is -2.11. The molecule has 18 heavy (non-hydrogen) atoms. The van der Waals surface area contributed by atoms with Gasteiger partial charge in [0.15, 0.2) is 5.82 Å². The minimum Gasteiger partial charge on any atom is -0.392 e. The van der Waals surface area contributed by atoms with Crippen LogP contribution in [0.2, 0.25) is 10.0 Å². The number of aliphatic hydroxyl groups is 1. The molecule has 0 saturated heterocycles. The summed E-state index contributed by atoms with van der Waals surface area (Å²) in [5.74, 6) is -0.989. The van der Waals surface area contributed by atoms with E-state index in [-0.39, 0.29) is 11.6 Å². The van der Waals surface area contributed by atoms with Gasteiger partial charge in [-0.3, -0.25) is 0 Å². The smallest absolute Gasteiger partial charge is 0.242 e. The molecule has 1 unspecified atom stereocenters. The van der Waals surface area contributed by atoms with Gasteiger partial charge in [-0.2, -0.15) is 0 Å². The highest BCUT2D eigenvalue weighted by Gasteiger charge is 2.22. The van der Waals surface area contributed by atoms with Crippen molar-refractivity contribution in [1.82, 2.24) is 4.72 Å². The summed E-state index contributed by atoms with van der Waals surface area (Å²) in [6.45, 7) is 1.54. The van der Waals surface area contributed by atoms with Gasteiger partial charge in [0.25, 0.3) is 0 Å². The van der Waals surface area contributed by atoms with E-state index in [1.807, 2.05) is 0 Å². The molecule has 0 aliphatic carbocycles. The van der Waals surface area contributed by atoms with Gasteiger partial charge in [-0.25, -0.2) is 17.5 Å². The molecule has 0 aliphatic rings. The SMILES string of the molecule is CCC(O)CNS(=O)(=O)c1ccc(Cl)c(F)c1Cl. The molecule has 8 heteroatoms. The molecule has 0 bridgehead atoms. The molecule has 1 atom stereocenters. The van der Waals surface area contributed by atoms with Crippen LogP contribution in [0.15, 0.2) is 17.0 Å². The van der Waals surface area contributed by atoms with Gasteiger partial charge in [-0.05, 0) is 18.6 Å². The summed E-state index contributed by atoms with van der Waals surface area (Å²) >= 11 is 11.1. The third-order valence-corrected chi connectivity index (χ3v) is 4.51. The topological polar surface area (TPSA) is 66.4 Å². The molecule has 0 amide bonds. The quantitative estimate of drug-likeness (QED) is 0.818. The summed E-state index contributed by atoms with van der Waals surface area (Å²) in [4.78, 5) is -0.408. The molecule has 102 valence electrons. The van der Waals surface area contributed by atoms with Crippen LogP contribution in [0.25, 0.3) is 0 Å². The lowest BCUT2D eigenvalue weighted by atomic mass is 10.3. The van der Waals surface area contributed by atoms with Gasteiger partial charge in [0.1, 0.15) is 4.90 Å². The van der Waals surface area contributed by atoms with Gasteiger partial charge in [-0.1, -0.05) is 30.1 Å². The van der Waals surface area contributed by atoms with Gasteiger partial charge < -0.3 is 5.11 Å². The van der Waals surface area contributed by atoms with Crippen molar-refractivity contribution in [3.63, 3.8) is 0 Å². The van der Waals surface area contributed by atoms with E-state index in [4.69, 9.17) is 23.2 Å². The van der Waals surface area contributed by atoms with E-state index in [2.05, 4.69) is 4.72 Å². The first kappa shape index (κ1) is 15.7. The highest BCUT2D eigenvalue weighted by atomic mass is 35.5. The molecular weight excluding hydrogens is 304 g/mol. The average molecular weight is 316 g/mol. The molecule has 0 spiro atoms. The monoisotopic (exact) mass is 315 g/mol. The molecule has 0 radical (unpaired) electrons. The highest BCUT2D eigenvalue weighted by molar-refractivity contribution is 7.89. The first-order valence-electron chi connectivity index (χ1n) is 5.10. The van der Waals surface area contributed by atoms with Crippen LogP contribution in [0, 0.1) is 5.82 Å². The molecule has 0 fully saturated rings. The second-order valence-electron chi connectivity index (χ2n) is 3.59. The Balaban J connectivity index is 3.03. The summed E-state index contributed by atoms with van der Waals surface area (Å²) in [5, 5.41) is 8.46. The predicted molar refractivity (Wildman–Crippen MR) is 67.9 cm³/mol. The third kappa shape index (κ3) is 3.55. The second-order valence-corrected chi connectivity index (χ2v) is 6.11. The summed E-state index contributed by atoms with van der Waals surface area (Å²) in [5.41, 5.74) is 0. The van der Waals surface area contributed by atoms with E-state index in [1.165, 1.54) is 0 Å². The molecule has 4 nitrogen and oxygen atoms in total. The van der Waals surface area contributed by atoms with Crippen LogP contribution in [-0.4, -0.2) is 26.2 Å². The summed E-state index contributed by atoms with van der Waals surface area (Å²) in [6, 6.07) is 2.21. The van der Waals surface area contributed by atoms with E-state index in [0.717, 1.165) is 12.1 Å². The summed E-state index contributed by atoms with van der Waals surface area (Å²) in [6.07, 6.45) is -0.415. The molecule has 1 rings (SSSR count). The van der Waals surface area contributed by atoms with Gasteiger partial charge in [0.2, 0.25) is 10.0 Å².